The van der Waals surface area contributed by atoms with Gasteiger partial charge in [-0.15, -0.1) is 0 Å². The molecule has 0 saturated carbocycles. The fourth-order valence-corrected chi connectivity index (χ4v) is 3.09. The molecular formula is C17H26N2O4. The van der Waals surface area contributed by atoms with Crippen LogP contribution in [0.15, 0.2) is 18.2 Å². The highest BCUT2D eigenvalue weighted by atomic mass is 16.5. The Morgan fingerprint density at radius 2 is 2.09 bits per heavy atom. The number of anilines is 1. The Hall–Kier alpha value is -1.95. The standard InChI is InChI=1S/C17H26N2O4/c1-4-23-17(20)8-12-7-13(18)11-19(10-12)15-9-14(21-2)5-6-16(15)22-3/h5-6,9,12-13H,4,7-8,10-11,18H2,1-3H3. The molecule has 0 amide bonds. The van der Waals surface area contributed by atoms with E-state index in [2.05, 4.69) is 4.90 Å². The van der Waals surface area contributed by atoms with Crippen molar-refractivity contribution in [1.29, 1.82) is 0 Å². The molecule has 23 heavy (non-hydrogen) atoms. The number of rotatable bonds is 6. The van der Waals surface area contributed by atoms with Gasteiger partial charge in [0.1, 0.15) is 11.5 Å². The maximum atomic E-state index is 11.8. The summed E-state index contributed by atoms with van der Waals surface area (Å²) in [4.78, 5) is 13.9. The van der Waals surface area contributed by atoms with Crippen molar-refractivity contribution in [3.05, 3.63) is 18.2 Å². The first-order valence-electron chi connectivity index (χ1n) is 7.95. The molecule has 128 valence electrons. The van der Waals surface area contributed by atoms with Gasteiger partial charge in [-0.2, -0.15) is 0 Å². The van der Waals surface area contributed by atoms with Crippen molar-refractivity contribution in [1.82, 2.24) is 0 Å². The number of carbonyl (C=O) groups is 1. The van der Waals surface area contributed by atoms with E-state index in [-0.39, 0.29) is 17.9 Å². The lowest BCUT2D eigenvalue weighted by atomic mass is 9.91. The highest BCUT2D eigenvalue weighted by Crippen LogP contribution is 2.35. The van der Waals surface area contributed by atoms with Gasteiger partial charge in [-0.25, -0.2) is 0 Å². The van der Waals surface area contributed by atoms with Gasteiger partial charge >= 0.3 is 5.97 Å². The summed E-state index contributed by atoms with van der Waals surface area (Å²) in [6.45, 7) is 3.70. The molecule has 6 nitrogen and oxygen atoms in total. The molecule has 2 N–H and O–H groups in total. The lowest BCUT2D eigenvalue weighted by Crippen LogP contribution is -2.47. The van der Waals surface area contributed by atoms with Crippen molar-refractivity contribution in [3.63, 3.8) is 0 Å². The molecule has 2 atom stereocenters. The van der Waals surface area contributed by atoms with Gasteiger partial charge in [-0.1, -0.05) is 0 Å². The molecular weight excluding hydrogens is 296 g/mol. The van der Waals surface area contributed by atoms with Crippen molar-refractivity contribution in [2.75, 3.05) is 38.8 Å². The molecule has 0 spiro atoms. The molecule has 0 radical (unpaired) electrons. The first kappa shape index (κ1) is 17.4. The topological polar surface area (TPSA) is 74.0 Å². The lowest BCUT2D eigenvalue weighted by molar-refractivity contribution is -0.144. The number of esters is 1. The summed E-state index contributed by atoms with van der Waals surface area (Å²) < 4.78 is 15.8. The third-order valence-electron chi connectivity index (χ3n) is 4.06. The van der Waals surface area contributed by atoms with Crippen LogP contribution in [-0.4, -0.2) is 45.9 Å². The number of ether oxygens (including phenoxy) is 3. The molecule has 1 heterocycles. The van der Waals surface area contributed by atoms with Crippen LogP contribution in [0.4, 0.5) is 5.69 Å². The van der Waals surface area contributed by atoms with Gasteiger partial charge in [0.05, 0.1) is 32.9 Å². The Morgan fingerprint density at radius 1 is 1.30 bits per heavy atom. The number of hydrogen-bond acceptors (Lipinski definition) is 6. The average molecular weight is 322 g/mol. The minimum Gasteiger partial charge on any atom is -0.497 e. The molecule has 2 rings (SSSR count). The van der Waals surface area contributed by atoms with Gasteiger partial charge in [-0.3, -0.25) is 4.79 Å². The lowest BCUT2D eigenvalue weighted by Gasteiger charge is -2.38. The monoisotopic (exact) mass is 322 g/mol. The van der Waals surface area contributed by atoms with Crippen LogP contribution in [0.3, 0.4) is 0 Å². The third-order valence-corrected chi connectivity index (χ3v) is 4.06. The van der Waals surface area contributed by atoms with Gasteiger partial charge in [0, 0.05) is 25.2 Å². The second-order valence-electron chi connectivity index (χ2n) is 5.81. The smallest absolute Gasteiger partial charge is 0.306 e. The molecule has 0 aromatic heterocycles. The summed E-state index contributed by atoms with van der Waals surface area (Å²) >= 11 is 0. The average Bonchev–Trinajstić information content (AvgIpc) is 2.53. The largest absolute Gasteiger partial charge is 0.497 e. The Kier molecular flexibility index (Phi) is 6.10. The van der Waals surface area contributed by atoms with Crippen LogP contribution < -0.4 is 20.1 Å². The predicted octanol–water partition coefficient (Wildman–Crippen LogP) is 1.81. The maximum absolute atomic E-state index is 11.8. The normalized spacial score (nSPS) is 21.0. The zero-order valence-corrected chi connectivity index (χ0v) is 14.1. The highest BCUT2D eigenvalue weighted by molar-refractivity contribution is 5.70. The SMILES string of the molecule is CCOC(=O)CC1CC(N)CN(c2cc(OC)ccc2OC)C1. The Morgan fingerprint density at radius 3 is 2.74 bits per heavy atom. The van der Waals surface area contributed by atoms with Crippen LogP contribution in [0.2, 0.25) is 0 Å². The Bertz CT molecular complexity index is 535. The second kappa shape index (κ2) is 8.06. The zero-order chi connectivity index (χ0) is 16.8. The van der Waals surface area contributed by atoms with E-state index in [0.717, 1.165) is 36.7 Å². The van der Waals surface area contributed by atoms with E-state index in [1.807, 2.05) is 25.1 Å². The number of nitrogens with zero attached hydrogens (tertiary/aromatic N) is 1. The molecule has 6 heteroatoms. The van der Waals surface area contributed by atoms with E-state index in [1.165, 1.54) is 0 Å². The quantitative estimate of drug-likeness (QED) is 0.805. The number of carbonyl (C=O) groups excluding carboxylic acids is 1. The molecule has 0 bridgehead atoms. The summed E-state index contributed by atoms with van der Waals surface area (Å²) in [6.07, 6.45) is 1.21. The molecule has 0 aliphatic carbocycles. The van der Waals surface area contributed by atoms with Crippen LogP contribution >= 0.6 is 0 Å². The van der Waals surface area contributed by atoms with Crippen LogP contribution in [0.25, 0.3) is 0 Å². The molecule has 1 aromatic rings. The highest BCUT2D eigenvalue weighted by Gasteiger charge is 2.29. The second-order valence-corrected chi connectivity index (χ2v) is 5.81. The van der Waals surface area contributed by atoms with E-state index in [4.69, 9.17) is 19.9 Å². The van der Waals surface area contributed by atoms with Gasteiger partial charge < -0.3 is 24.8 Å². The van der Waals surface area contributed by atoms with E-state index >= 15 is 0 Å². The van der Waals surface area contributed by atoms with Crippen LogP contribution in [0.5, 0.6) is 11.5 Å². The van der Waals surface area contributed by atoms with Crippen LogP contribution in [-0.2, 0) is 9.53 Å². The van der Waals surface area contributed by atoms with Crippen molar-refractivity contribution < 1.29 is 19.0 Å². The first-order chi connectivity index (χ1) is 11.1. The Balaban J connectivity index is 2.16. The fraction of sp³-hybridized carbons (Fsp3) is 0.588. The van der Waals surface area contributed by atoms with Crippen molar-refractivity contribution in [2.24, 2.45) is 11.7 Å². The van der Waals surface area contributed by atoms with E-state index < -0.39 is 0 Å². The number of piperidine rings is 1. The molecule has 1 aromatic carbocycles. The van der Waals surface area contributed by atoms with Gasteiger partial charge in [0.15, 0.2) is 0 Å². The summed E-state index contributed by atoms with van der Waals surface area (Å²) in [5, 5.41) is 0. The van der Waals surface area contributed by atoms with Crippen LogP contribution in [0, 0.1) is 5.92 Å². The van der Waals surface area contributed by atoms with Crippen molar-refractivity contribution in [3.8, 4) is 11.5 Å². The number of nitrogens with two attached hydrogens (primary N) is 1. The number of hydrogen-bond donors (Lipinski definition) is 1. The number of methoxy groups -OCH3 is 2. The zero-order valence-electron chi connectivity index (χ0n) is 14.1. The fourth-order valence-electron chi connectivity index (χ4n) is 3.09. The summed E-state index contributed by atoms with van der Waals surface area (Å²) in [7, 11) is 3.28. The first-order valence-corrected chi connectivity index (χ1v) is 7.95. The van der Waals surface area contributed by atoms with E-state index in [9.17, 15) is 4.79 Å². The summed E-state index contributed by atoms with van der Waals surface area (Å²) in [5.74, 6) is 1.55. The van der Waals surface area contributed by atoms with Gasteiger partial charge in [-0.05, 0) is 31.4 Å². The third kappa shape index (κ3) is 4.51. The van der Waals surface area contributed by atoms with Crippen LogP contribution in [0.1, 0.15) is 19.8 Å². The van der Waals surface area contributed by atoms with Crippen molar-refractivity contribution in [2.45, 2.75) is 25.8 Å². The molecule has 1 aliphatic rings. The summed E-state index contributed by atoms with van der Waals surface area (Å²) in [6, 6.07) is 5.70. The molecule has 1 saturated heterocycles. The van der Waals surface area contributed by atoms with E-state index in [1.54, 1.807) is 14.2 Å². The minimum atomic E-state index is -0.163. The molecule has 1 fully saturated rings. The molecule has 2 unspecified atom stereocenters. The molecule has 1 aliphatic heterocycles. The van der Waals surface area contributed by atoms with Gasteiger partial charge in [0.2, 0.25) is 0 Å². The summed E-state index contributed by atoms with van der Waals surface area (Å²) in [5.41, 5.74) is 7.14. The predicted molar refractivity (Wildman–Crippen MR) is 89.1 cm³/mol. The maximum Gasteiger partial charge on any atom is 0.306 e. The minimum absolute atomic E-state index is 0.0130. The van der Waals surface area contributed by atoms with Crippen molar-refractivity contribution >= 4 is 11.7 Å². The number of benzene rings is 1. The van der Waals surface area contributed by atoms with E-state index in [0.29, 0.717) is 13.0 Å². The van der Waals surface area contributed by atoms with Gasteiger partial charge in [0.25, 0.3) is 0 Å². The Labute approximate surface area is 137 Å².